The predicted octanol–water partition coefficient (Wildman–Crippen LogP) is 4.98. The van der Waals surface area contributed by atoms with Crippen molar-refractivity contribution in [3.63, 3.8) is 0 Å². The smallest absolute Gasteiger partial charge is 0.0882 e. The number of aliphatic hydroxyl groups excluding tert-OH is 1. The molecule has 0 rings (SSSR count). The molecule has 0 heterocycles. The van der Waals surface area contributed by atoms with Crippen LogP contribution in [0.5, 0.6) is 0 Å². The monoisotopic (exact) mass is 198 g/mol. The van der Waals surface area contributed by atoms with E-state index in [9.17, 15) is 5.11 Å². The summed E-state index contributed by atoms with van der Waals surface area (Å²) in [7, 11) is 0. The zero-order chi connectivity index (χ0) is 10.6. The molecule has 0 aliphatic heterocycles. The van der Waals surface area contributed by atoms with Crippen molar-refractivity contribution in [1.82, 2.24) is 0 Å². The number of rotatable bonds is 9. The summed E-state index contributed by atoms with van der Waals surface area (Å²) in [6.07, 6.45) is 12.6. The van der Waals surface area contributed by atoms with Gasteiger partial charge in [-0.15, -0.1) is 0 Å². The molecule has 14 heavy (non-hydrogen) atoms. The van der Waals surface area contributed by atoms with E-state index in [1.807, 2.05) is 6.08 Å². The average Bonchev–Trinajstić information content (AvgIpc) is 2.19. The van der Waals surface area contributed by atoms with Gasteiger partial charge in [-0.05, 0) is 25.3 Å². The lowest BCUT2D eigenvalue weighted by Gasteiger charge is -2.00. The van der Waals surface area contributed by atoms with E-state index in [-0.39, 0.29) is 0 Å². The molecule has 0 aromatic rings. The maximum Gasteiger partial charge on any atom is 0.0882 e. The Labute approximate surface area is 89.2 Å². The number of hydrogen-bond donors (Lipinski definition) is 1. The zero-order valence-corrected chi connectivity index (χ0v) is 9.89. The van der Waals surface area contributed by atoms with Crippen LogP contribution in [0.2, 0.25) is 0 Å². The molecule has 0 fully saturated rings. The molecule has 0 aliphatic carbocycles. The molecular weight excluding hydrogens is 172 g/mol. The Morgan fingerprint density at radius 1 is 0.929 bits per heavy atom. The van der Waals surface area contributed by atoms with Gasteiger partial charge in [0.2, 0.25) is 0 Å². The van der Waals surface area contributed by atoms with E-state index in [1.165, 1.54) is 38.5 Å². The molecule has 0 unspecified atom stereocenters. The van der Waals surface area contributed by atoms with E-state index in [4.69, 9.17) is 0 Å². The third-order valence-electron chi connectivity index (χ3n) is 2.47. The van der Waals surface area contributed by atoms with Gasteiger partial charge >= 0.3 is 0 Å². The van der Waals surface area contributed by atoms with Crippen LogP contribution in [0.4, 0.5) is 0 Å². The molecule has 0 atom stereocenters. The lowest BCUT2D eigenvalue weighted by atomic mass is 10.1. The van der Waals surface area contributed by atoms with E-state index in [0.29, 0.717) is 5.76 Å². The first-order chi connectivity index (χ1) is 6.81. The lowest BCUT2D eigenvalue weighted by Crippen LogP contribution is -1.83. The van der Waals surface area contributed by atoms with Crippen molar-refractivity contribution in [3.05, 3.63) is 11.8 Å². The normalized spacial score (nSPS) is 12.0. The summed E-state index contributed by atoms with van der Waals surface area (Å²) in [5.41, 5.74) is 0. The van der Waals surface area contributed by atoms with Crippen molar-refractivity contribution in [1.29, 1.82) is 0 Å². The summed E-state index contributed by atoms with van der Waals surface area (Å²) in [6, 6.07) is 0. The number of aliphatic hydroxyl groups is 1. The molecule has 0 spiro atoms. The molecule has 84 valence electrons. The third kappa shape index (κ3) is 9.63. The van der Waals surface area contributed by atoms with Gasteiger partial charge in [0.15, 0.2) is 0 Å². The van der Waals surface area contributed by atoms with Gasteiger partial charge in [-0.3, -0.25) is 0 Å². The van der Waals surface area contributed by atoms with E-state index in [2.05, 4.69) is 13.8 Å². The Hall–Kier alpha value is -0.460. The Morgan fingerprint density at radius 3 is 2.21 bits per heavy atom. The lowest BCUT2D eigenvalue weighted by molar-refractivity contribution is 0.377. The summed E-state index contributed by atoms with van der Waals surface area (Å²) in [4.78, 5) is 0. The molecule has 0 saturated carbocycles. The van der Waals surface area contributed by atoms with Crippen molar-refractivity contribution < 1.29 is 5.11 Å². The van der Waals surface area contributed by atoms with Gasteiger partial charge in [0.25, 0.3) is 0 Å². The topological polar surface area (TPSA) is 20.2 Å². The molecule has 0 aliphatic rings. The van der Waals surface area contributed by atoms with Gasteiger partial charge in [-0.2, -0.15) is 0 Å². The van der Waals surface area contributed by atoms with E-state index in [0.717, 1.165) is 19.3 Å². The first kappa shape index (κ1) is 13.5. The second-order valence-corrected chi connectivity index (χ2v) is 4.00. The third-order valence-corrected chi connectivity index (χ3v) is 2.47. The van der Waals surface area contributed by atoms with Crippen LogP contribution in [-0.4, -0.2) is 5.11 Å². The summed E-state index contributed by atoms with van der Waals surface area (Å²) in [5.74, 6) is 0.609. The van der Waals surface area contributed by atoms with Crippen LogP contribution < -0.4 is 0 Å². The molecule has 1 nitrogen and oxygen atoms in total. The minimum Gasteiger partial charge on any atom is -0.513 e. The van der Waals surface area contributed by atoms with Gasteiger partial charge in [0, 0.05) is 6.42 Å². The standard InChI is InChI=1S/C13H26O/c1-3-5-7-9-11-13(14)12-10-8-6-4-2/h11,14H,3-10,12H2,1-2H3/b13-11+. The van der Waals surface area contributed by atoms with Crippen molar-refractivity contribution in [3.8, 4) is 0 Å². The second kappa shape index (κ2) is 10.6. The van der Waals surface area contributed by atoms with Crippen LogP contribution in [0, 0.1) is 0 Å². The highest BCUT2D eigenvalue weighted by atomic mass is 16.3. The van der Waals surface area contributed by atoms with E-state index in [1.54, 1.807) is 0 Å². The summed E-state index contributed by atoms with van der Waals surface area (Å²) in [6.45, 7) is 4.41. The summed E-state index contributed by atoms with van der Waals surface area (Å²) >= 11 is 0. The molecule has 0 aromatic heterocycles. The maximum absolute atomic E-state index is 9.51. The molecule has 1 N–H and O–H groups in total. The second-order valence-electron chi connectivity index (χ2n) is 4.00. The average molecular weight is 198 g/mol. The van der Waals surface area contributed by atoms with Crippen LogP contribution in [0.1, 0.15) is 71.6 Å². The van der Waals surface area contributed by atoms with Gasteiger partial charge in [-0.25, -0.2) is 0 Å². The van der Waals surface area contributed by atoms with Crippen LogP contribution in [0.3, 0.4) is 0 Å². The molecular formula is C13H26O. The Kier molecular flexibility index (Phi) is 10.3. The quantitative estimate of drug-likeness (QED) is 0.409. The fraction of sp³-hybridized carbons (Fsp3) is 0.846. The van der Waals surface area contributed by atoms with E-state index < -0.39 is 0 Å². The van der Waals surface area contributed by atoms with E-state index >= 15 is 0 Å². The van der Waals surface area contributed by atoms with Crippen LogP contribution >= 0.6 is 0 Å². The van der Waals surface area contributed by atoms with Gasteiger partial charge in [0.1, 0.15) is 0 Å². The largest absolute Gasteiger partial charge is 0.513 e. The Bertz CT molecular complexity index is 138. The Balaban J connectivity index is 3.28. The van der Waals surface area contributed by atoms with Crippen molar-refractivity contribution >= 4 is 0 Å². The molecule has 0 aromatic carbocycles. The van der Waals surface area contributed by atoms with Crippen LogP contribution in [0.25, 0.3) is 0 Å². The van der Waals surface area contributed by atoms with Crippen molar-refractivity contribution in [2.75, 3.05) is 0 Å². The molecule has 0 saturated heterocycles. The van der Waals surface area contributed by atoms with Gasteiger partial charge in [0.05, 0.1) is 5.76 Å². The SMILES string of the molecule is CCCCC/C=C(/O)CCCCCC. The highest BCUT2D eigenvalue weighted by Gasteiger charge is 1.93. The predicted molar refractivity (Wildman–Crippen MR) is 63.6 cm³/mol. The number of allylic oxidation sites excluding steroid dienone is 2. The zero-order valence-electron chi connectivity index (χ0n) is 9.89. The minimum atomic E-state index is 0.609. The first-order valence-corrected chi connectivity index (χ1v) is 6.19. The number of hydrogen-bond acceptors (Lipinski definition) is 1. The molecule has 0 radical (unpaired) electrons. The van der Waals surface area contributed by atoms with Gasteiger partial charge in [-0.1, -0.05) is 46.0 Å². The van der Waals surface area contributed by atoms with Crippen LogP contribution in [-0.2, 0) is 0 Å². The van der Waals surface area contributed by atoms with Crippen molar-refractivity contribution in [2.45, 2.75) is 71.6 Å². The highest BCUT2D eigenvalue weighted by Crippen LogP contribution is 2.09. The Morgan fingerprint density at radius 2 is 1.57 bits per heavy atom. The fourth-order valence-corrected chi connectivity index (χ4v) is 1.50. The maximum atomic E-state index is 9.51. The van der Waals surface area contributed by atoms with Crippen molar-refractivity contribution in [2.24, 2.45) is 0 Å². The highest BCUT2D eigenvalue weighted by molar-refractivity contribution is 4.90. The fourth-order valence-electron chi connectivity index (χ4n) is 1.50. The molecule has 1 heteroatoms. The molecule has 0 amide bonds. The molecule has 0 bridgehead atoms. The number of unbranched alkanes of at least 4 members (excludes halogenated alkanes) is 6. The van der Waals surface area contributed by atoms with Gasteiger partial charge < -0.3 is 5.11 Å². The minimum absolute atomic E-state index is 0.609. The first-order valence-electron chi connectivity index (χ1n) is 6.19. The summed E-state index contributed by atoms with van der Waals surface area (Å²) in [5, 5.41) is 9.51. The summed E-state index contributed by atoms with van der Waals surface area (Å²) < 4.78 is 0. The van der Waals surface area contributed by atoms with Crippen LogP contribution in [0.15, 0.2) is 11.8 Å².